The minimum Gasteiger partial charge on any atom is -0.494 e. The highest BCUT2D eigenvalue weighted by Crippen LogP contribution is 2.24. The molecule has 0 aliphatic carbocycles. The van der Waals surface area contributed by atoms with Gasteiger partial charge in [0.25, 0.3) is 0 Å². The average Bonchev–Trinajstić information content (AvgIpc) is 3.31. The van der Waals surface area contributed by atoms with Crippen molar-refractivity contribution < 1.29 is 22.3 Å². The van der Waals surface area contributed by atoms with Gasteiger partial charge in [-0.05, 0) is 41.8 Å². The topological polar surface area (TPSA) is 72.5 Å². The fraction of sp³-hybridized carbons (Fsp3) is 0.118. The maximum atomic E-state index is 13.7. The van der Waals surface area contributed by atoms with Gasteiger partial charge in [-0.2, -0.15) is 0 Å². The lowest BCUT2D eigenvalue weighted by atomic mass is 10.3. The summed E-state index contributed by atoms with van der Waals surface area (Å²) in [4.78, 5) is 13.9. The van der Waals surface area contributed by atoms with Crippen molar-refractivity contribution in [1.29, 1.82) is 0 Å². The number of benzene rings is 1. The van der Waals surface area contributed by atoms with Crippen LogP contribution in [0.25, 0.3) is 0 Å². The zero-order chi connectivity index (χ0) is 18.7. The molecule has 136 valence electrons. The Morgan fingerprint density at radius 3 is 2.65 bits per heavy atom. The van der Waals surface area contributed by atoms with E-state index in [0.717, 1.165) is 6.07 Å². The van der Waals surface area contributed by atoms with Crippen molar-refractivity contribution in [2.75, 3.05) is 7.11 Å². The fourth-order valence-corrected chi connectivity index (χ4v) is 4.94. The van der Waals surface area contributed by atoms with Crippen LogP contribution in [0.3, 0.4) is 0 Å². The maximum Gasteiger partial charge on any atom is 0.241 e. The van der Waals surface area contributed by atoms with Crippen LogP contribution >= 0.6 is 22.7 Å². The summed E-state index contributed by atoms with van der Waals surface area (Å²) in [5, 5.41) is 1.82. The number of nitrogens with one attached hydrogen (secondary N) is 1. The van der Waals surface area contributed by atoms with Crippen molar-refractivity contribution in [3.05, 3.63) is 68.3 Å². The molecule has 26 heavy (non-hydrogen) atoms. The molecule has 0 bridgehead atoms. The Hall–Kier alpha value is -2.07. The van der Waals surface area contributed by atoms with Gasteiger partial charge in [0.15, 0.2) is 11.6 Å². The zero-order valence-electron chi connectivity index (χ0n) is 13.6. The SMILES string of the molecule is COc1ccc(S(=O)(=O)NCc2ccc(C(=O)c3cccs3)s2)cc1F. The fourth-order valence-electron chi connectivity index (χ4n) is 2.19. The first-order chi connectivity index (χ1) is 12.4. The van der Waals surface area contributed by atoms with Crippen LogP contribution in [0.4, 0.5) is 4.39 Å². The van der Waals surface area contributed by atoms with Gasteiger partial charge in [-0.3, -0.25) is 4.79 Å². The molecule has 5 nitrogen and oxygen atoms in total. The first-order valence-electron chi connectivity index (χ1n) is 7.41. The monoisotopic (exact) mass is 411 g/mol. The van der Waals surface area contributed by atoms with Gasteiger partial charge in [0.05, 0.1) is 21.8 Å². The molecule has 2 aromatic heterocycles. The van der Waals surface area contributed by atoms with Crippen molar-refractivity contribution in [3.8, 4) is 5.75 Å². The molecule has 0 saturated carbocycles. The first kappa shape index (κ1) is 18.7. The minimum absolute atomic E-state index is 0.0123. The summed E-state index contributed by atoms with van der Waals surface area (Å²) < 4.78 is 45.5. The number of halogens is 1. The van der Waals surface area contributed by atoms with Crippen LogP contribution < -0.4 is 9.46 Å². The molecule has 3 rings (SSSR count). The molecule has 3 aromatic rings. The standard InChI is InChI=1S/C17H14FNO4S3/c1-23-14-6-5-12(9-13(14)18)26(21,22)19-10-11-4-7-16(25-11)17(20)15-3-2-8-24-15/h2-9,19H,10H2,1H3. The summed E-state index contributed by atoms with van der Waals surface area (Å²) in [6, 6.07) is 10.3. The van der Waals surface area contributed by atoms with Gasteiger partial charge in [-0.1, -0.05) is 6.07 Å². The van der Waals surface area contributed by atoms with E-state index in [9.17, 15) is 17.6 Å². The lowest BCUT2D eigenvalue weighted by Gasteiger charge is -2.07. The third-order valence-corrected chi connectivity index (χ3v) is 6.85. The molecule has 9 heteroatoms. The average molecular weight is 412 g/mol. The molecule has 0 fully saturated rings. The van der Waals surface area contributed by atoms with E-state index < -0.39 is 15.8 Å². The van der Waals surface area contributed by atoms with Gasteiger partial charge >= 0.3 is 0 Å². The predicted octanol–water partition coefficient (Wildman–Crippen LogP) is 3.67. The van der Waals surface area contributed by atoms with Gasteiger partial charge < -0.3 is 4.74 Å². The summed E-state index contributed by atoms with van der Waals surface area (Å²) >= 11 is 2.57. The number of carbonyl (C=O) groups is 1. The molecule has 0 saturated heterocycles. The number of ketones is 1. The molecule has 0 radical (unpaired) electrons. The quantitative estimate of drug-likeness (QED) is 0.602. The summed E-state index contributed by atoms with van der Waals surface area (Å²) in [5.74, 6) is -0.870. The van der Waals surface area contributed by atoms with E-state index in [0.29, 0.717) is 14.6 Å². The Morgan fingerprint density at radius 2 is 2.00 bits per heavy atom. The smallest absolute Gasteiger partial charge is 0.241 e. The van der Waals surface area contributed by atoms with Gasteiger partial charge in [0, 0.05) is 11.4 Å². The van der Waals surface area contributed by atoms with Gasteiger partial charge in [-0.25, -0.2) is 17.5 Å². The van der Waals surface area contributed by atoms with E-state index in [1.807, 2.05) is 5.38 Å². The Kier molecular flexibility index (Phi) is 5.52. The second kappa shape index (κ2) is 7.67. The highest BCUT2D eigenvalue weighted by molar-refractivity contribution is 7.89. The highest BCUT2D eigenvalue weighted by atomic mass is 32.2. The van der Waals surface area contributed by atoms with Gasteiger partial charge in [0.2, 0.25) is 15.8 Å². The molecule has 0 atom stereocenters. The van der Waals surface area contributed by atoms with Gasteiger partial charge in [0.1, 0.15) is 0 Å². The number of ether oxygens (including phenoxy) is 1. The Bertz CT molecular complexity index is 1030. The van der Waals surface area contributed by atoms with E-state index >= 15 is 0 Å². The first-order valence-corrected chi connectivity index (χ1v) is 10.6. The van der Waals surface area contributed by atoms with Crippen LogP contribution in [0, 0.1) is 5.82 Å². The van der Waals surface area contributed by atoms with E-state index in [1.54, 1.807) is 24.3 Å². The second-order valence-corrected chi connectivity index (χ2v) is 9.08. The van der Waals surface area contributed by atoms with Crippen LogP contribution in [-0.2, 0) is 16.6 Å². The van der Waals surface area contributed by atoms with E-state index in [-0.39, 0.29) is 23.0 Å². The molecule has 0 aliphatic rings. The molecule has 0 amide bonds. The van der Waals surface area contributed by atoms with Crippen LogP contribution in [-0.4, -0.2) is 21.3 Å². The normalized spacial score (nSPS) is 11.5. The van der Waals surface area contributed by atoms with Crippen molar-refractivity contribution in [2.24, 2.45) is 0 Å². The molecule has 2 heterocycles. The zero-order valence-corrected chi connectivity index (χ0v) is 16.0. The van der Waals surface area contributed by atoms with Crippen LogP contribution in [0.5, 0.6) is 5.75 Å². The molecule has 1 N–H and O–H groups in total. The van der Waals surface area contributed by atoms with Crippen LogP contribution in [0.15, 0.2) is 52.7 Å². The number of carbonyl (C=O) groups excluding carboxylic acids is 1. The molecule has 0 aliphatic heterocycles. The third-order valence-electron chi connectivity index (χ3n) is 3.50. The van der Waals surface area contributed by atoms with E-state index in [1.165, 1.54) is 41.9 Å². The number of hydrogen-bond donors (Lipinski definition) is 1. The second-order valence-electron chi connectivity index (χ2n) is 5.19. The molecule has 0 unspecified atom stereocenters. The number of sulfonamides is 1. The highest BCUT2D eigenvalue weighted by Gasteiger charge is 2.18. The Labute approximate surface area is 158 Å². The van der Waals surface area contributed by atoms with Crippen LogP contribution in [0.2, 0.25) is 0 Å². The maximum absolute atomic E-state index is 13.7. The van der Waals surface area contributed by atoms with Crippen molar-refractivity contribution in [1.82, 2.24) is 4.72 Å². The third kappa shape index (κ3) is 4.01. The van der Waals surface area contributed by atoms with E-state index in [2.05, 4.69) is 4.72 Å². The minimum atomic E-state index is -3.88. The number of hydrogen-bond acceptors (Lipinski definition) is 6. The summed E-state index contributed by atoms with van der Waals surface area (Å²) in [6.45, 7) is 0.0123. The lowest BCUT2D eigenvalue weighted by molar-refractivity contribution is 0.104. The van der Waals surface area contributed by atoms with Crippen molar-refractivity contribution in [3.63, 3.8) is 0 Å². The lowest BCUT2D eigenvalue weighted by Crippen LogP contribution is -2.22. The summed E-state index contributed by atoms with van der Waals surface area (Å²) in [6.07, 6.45) is 0. The number of thiophene rings is 2. The summed E-state index contributed by atoms with van der Waals surface area (Å²) in [5.41, 5.74) is 0. The van der Waals surface area contributed by atoms with Gasteiger partial charge in [-0.15, -0.1) is 22.7 Å². The number of methoxy groups -OCH3 is 1. The summed E-state index contributed by atoms with van der Waals surface area (Å²) in [7, 11) is -2.58. The van der Waals surface area contributed by atoms with Crippen LogP contribution in [0.1, 0.15) is 19.4 Å². The van der Waals surface area contributed by atoms with E-state index in [4.69, 9.17) is 4.74 Å². The molecule has 0 spiro atoms. The number of rotatable bonds is 7. The van der Waals surface area contributed by atoms with Crippen molar-refractivity contribution >= 4 is 38.5 Å². The molecular formula is C17H14FNO4S3. The largest absolute Gasteiger partial charge is 0.494 e. The molecule has 1 aromatic carbocycles. The Balaban J connectivity index is 1.70. The predicted molar refractivity (Wildman–Crippen MR) is 99.0 cm³/mol. The Morgan fingerprint density at radius 1 is 1.19 bits per heavy atom. The molecular weight excluding hydrogens is 397 g/mol. The van der Waals surface area contributed by atoms with Crippen molar-refractivity contribution in [2.45, 2.75) is 11.4 Å².